The number of benzene rings is 1. The lowest BCUT2D eigenvalue weighted by Gasteiger charge is -2.07. The van der Waals surface area contributed by atoms with E-state index in [0.29, 0.717) is 5.69 Å². The van der Waals surface area contributed by atoms with Gasteiger partial charge in [-0.2, -0.15) is 0 Å². The molecule has 0 saturated heterocycles. The molecule has 1 aromatic carbocycles. The van der Waals surface area contributed by atoms with Crippen LogP contribution in [0.1, 0.15) is 15.9 Å². The third-order valence-corrected chi connectivity index (χ3v) is 2.73. The first-order valence-electron chi connectivity index (χ1n) is 5.05. The van der Waals surface area contributed by atoms with E-state index in [1.54, 1.807) is 6.07 Å². The van der Waals surface area contributed by atoms with E-state index in [0.717, 1.165) is 11.1 Å². The van der Waals surface area contributed by atoms with Gasteiger partial charge in [-0.25, -0.2) is 9.78 Å². The summed E-state index contributed by atoms with van der Waals surface area (Å²) in [6.45, 7) is 1.82. The molecule has 0 radical (unpaired) electrons. The molecule has 17 heavy (non-hydrogen) atoms. The second kappa shape index (κ2) is 4.55. The zero-order chi connectivity index (χ0) is 12.4. The largest absolute Gasteiger partial charge is 0.478 e. The summed E-state index contributed by atoms with van der Waals surface area (Å²) in [5.41, 5.74) is 2.45. The van der Waals surface area contributed by atoms with E-state index >= 15 is 0 Å². The Bertz CT molecular complexity index is 567. The van der Waals surface area contributed by atoms with Gasteiger partial charge in [0.15, 0.2) is 0 Å². The summed E-state index contributed by atoms with van der Waals surface area (Å²) in [6, 6.07) is 11.1. The van der Waals surface area contributed by atoms with E-state index in [9.17, 15) is 4.79 Å². The molecule has 0 unspecified atom stereocenters. The van der Waals surface area contributed by atoms with Crippen LogP contribution in [0, 0.1) is 6.92 Å². The molecule has 1 aromatic heterocycles. The third kappa shape index (κ3) is 2.29. The van der Waals surface area contributed by atoms with E-state index < -0.39 is 5.97 Å². The minimum Gasteiger partial charge on any atom is -0.478 e. The summed E-state index contributed by atoms with van der Waals surface area (Å²) in [5.74, 6) is -1.06. The smallest absolute Gasteiger partial charge is 0.338 e. The van der Waals surface area contributed by atoms with Gasteiger partial charge >= 0.3 is 5.97 Å². The summed E-state index contributed by atoms with van der Waals surface area (Å²) in [4.78, 5) is 15.0. The van der Waals surface area contributed by atoms with Gasteiger partial charge in [0.25, 0.3) is 0 Å². The molecule has 0 aliphatic rings. The number of aromatic nitrogens is 1. The Morgan fingerprint density at radius 3 is 2.53 bits per heavy atom. The number of pyridine rings is 1. The number of aryl methyl sites for hydroxylation is 1. The lowest BCUT2D eigenvalue weighted by molar-refractivity contribution is 0.0696. The Kier molecular flexibility index (Phi) is 3.11. The van der Waals surface area contributed by atoms with Crippen LogP contribution in [0.2, 0.25) is 5.15 Å². The molecule has 2 rings (SSSR count). The van der Waals surface area contributed by atoms with E-state index in [-0.39, 0.29) is 10.7 Å². The van der Waals surface area contributed by atoms with Gasteiger partial charge in [0, 0.05) is 5.56 Å². The van der Waals surface area contributed by atoms with Crippen LogP contribution in [0.25, 0.3) is 11.3 Å². The van der Waals surface area contributed by atoms with Crippen LogP contribution >= 0.6 is 11.6 Å². The Hall–Kier alpha value is -1.87. The molecule has 0 fully saturated rings. The predicted octanol–water partition coefficient (Wildman–Crippen LogP) is 3.41. The van der Waals surface area contributed by atoms with Crippen LogP contribution < -0.4 is 0 Å². The number of aromatic carboxylic acids is 1. The van der Waals surface area contributed by atoms with Gasteiger partial charge in [-0.3, -0.25) is 0 Å². The lowest BCUT2D eigenvalue weighted by atomic mass is 10.1. The summed E-state index contributed by atoms with van der Waals surface area (Å²) in [6.07, 6.45) is 0. The Morgan fingerprint density at radius 1 is 1.29 bits per heavy atom. The zero-order valence-corrected chi connectivity index (χ0v) is 9.90. The summed E-state index contributed by atoms with van der Waals surface area (Å²) in [5, 5.41) is 8.94. The van der Waals surface area contributed by atoms with Crippen molar-refractivity contribution >= 4 is 17.6 Å². The second-order valence-corrected chi connectivity index (χ2v) is 4.02. The molecule has 4 heteroatoms. The number of nitrogens with zero attached hydrogens (tertiary/aromatic N) is 1. The van der Waals surface area contributed by atoms with Crippen LogP contribution in [0.5, 0.6) is 0 Å². The fourth-order valence-electron chi connectivity index (χ4n) is 1.63. The Balaban J connectivity index is 2.58. The van der Waals surface area contributed by atoms with Crippen molar-refractivity contribution < 1.29 is 9.90 Å². The molecule has 0 bridgehead atoms. The Labute approximate surface area is 104 Å². The van der Waals surface area contributed by atoms with Crippen molar-refractivity contribution in [3.63, 3.8) is 0 Å². The van der Waals surface area contributed by atoms with E-state index in [1.807, 2.05) is 37.3 Å². The van der Waals surface area contributed by atoms with Gasteiger partial charge in [-0.1, -0.05) is 41.9 Å². The molecule has 2 aromatic rings. The number of carbonyl (C=O) groups is 1. The molecule has 0 spiro atoms. The molecule has 1 N–H and O–H groups in total. The fourth-order valence-corrected chi connectivity index (χ4v) is 1.85. The minimum absolute atomic E-state index is 0.0157. The third-order valence-electron chi connectivity index (χ3n) is 2.44. The summed E-state index contributed by atoms with van der Waals surface area (Å²) in [7, 11) is 0. The molecule has 3 nitrogen and oxygen atoms in total. The van der Waals surface area contributed by atoms with Crippen LogP contribution in [0.4, 0.5) is 0 Å². The highest BCUT2D eigenvalue weighted by atomic mass is 35.5. The van der Waals surface area contributed by atoms with Gasteiger partial charge in [0.1, 0.15) is 5.15 Å². The standard InChI is InChI=1S/C13H10ClNO2/c1-8-7-10(13(16)17)12(14)15-11(8)9-5-3-2-4-6-9/h2-7H,1H3,(H,16,17). The van der Waals surface area contributed by atoms with Crippen LogP contribution in [0.15, 0.2) is 36.4 Å². The molecule has 0 atom stereocenters. The fraction of sp³-hybridized carbons (Fsp3) is 0.0769. The number of carboxylic acid groups (broad SMARTS) is 1. The topological polar surface area (TPSA) is 50.2 Å². The molecule has 86 valence electrons. The number of carboxylic acids is 1. The van der Waals surface area contributed by atoms with Crippen molar-refractivity contribution in [2.24, 2.45) is 0 Å². The molecular weight excluding hydrogens is 238 g/mol. The van der Waals surface area contributed by atoms with Crippen LogP contribution in [-0.4, -0.2) is 16.1 Å². The minimum atomic E-state index is -1.06. The van der Waals surface area contributed by atoms with Gasteiger partial charge < -0.3 is 5.11 Å². The lowest BCUT2D eigenvalue weighted by Crippen LogP contribution is -2.01. The molecule has 0 saturated carbocycles. The first-order valence-corrected chi connectivity index (χ1v) is 5.43. The predicted molar refractivity (Wildman–Crippen MR) is 66.4 cm³/mol. The first-order chi connectivity index (χ1) is 8.09. The van der Waals surface area contributed by atoms with Gasteiger partial charge in [-0.15, -0.1) is 0 Å². The SMILES string of the molecule is Cc1cc(C(=O)O)c(Cl)nc1-c1ccccc1. The van der Waals surface area contributed by atoms with E-state index in [2.05, 4.69) is 4.98 Å². The highest BCUT2D eigenvalue weighted by Gasteiger charge is 2.14. The zero-order valence-electron chi connectivity index (χ0n) is 9.14. The van der Waals surface area contributed by atoms with E-state index in [1.165, 1.54) is 0 Å². The monoisotopic (exact) mass is 247 g/mol. The highest BCUT2D eigenvalue weighted by Crippen LogP contribution is 2.25. The van der Waals surface area contributed by atoms with Crippen molar-refractivity contribution in [1.29, 1.82) is 0 Å². The number of hydrogen-bond acceptors (Lipinski definition) is 2. The normalized spacial score (nSPS) is 10.2. The van der Waals surface area contributed by atoms with Crippen molar-refractivity contribution in [2.75, 3.05) is 0 Å². The van der Waals surface area contributed by atoms with Crippen molar-refractivity contribution in [3.8, 4) is 11.3 Å². The molecule has 0 aliphatic carbocycles. The molecule has 0 aliphatic heterocycles. The summed E-state index contributed by atoms with van der Waals surface area (Å²) >= 11 is 5.85. The van der Waals surface area contributed by atoms with Gasteiger partial charge in [0.2, 0.25) is 0 Å². The maximum Gasteiger partial charge on any atom is 0.338 e. The average molecular weight is 248 g/mol. The average Bonchev–Trinajstić information content (AvgIpc) is 2.32. The molecular formula is C13H10ClNO2. The van der Waals surface area contributed by atoms with Crippen molar-refractivity contribution in [1.82, 2.24) is 4.98 Å². The molecule has 0 amide bonds. The second-order valence-electron chi connectivity index (χ2n) is 3.66. The van der Waals surface area contributed by atoms with Crippen LogP contribution in [-0.2, 0) is 0 Å². The maximum atomic E-state index is 10.9. The van der Waals surface area contributed by atoms with Crippen molar-refractivity contribution in [2.45, 2.75) is 6.92 Å². The summed E-state index contributed by atoms with van der Waals surface area (Å²) < 4.78 is 0. The van der Waals surface area contributed by atoms with Gasteiger partial charge in [0.05, 0.1) is 11.3 Å². The van der Waals surface area contributed by atoms with E-state index in [4.69, 9.17) is 16.7 Å². The number of halogens is 1. The number of rotatable bonds is 2. The Morgan fingerprint density at radius 2 is 1.94 bits per heavy atom. The first kappa shape index (κ1) is 11.6. The highest BCUT2D eigenvalue weighted by molar-refractivity contribution is 6.32. The van der Waals surface area contributed by atoms with Gasteiger partial charge in [-0.05, 0) is 18.6 Å². The van der Waals surface area contributed by atoms with Crippen molar-refractivity contribution in [3.05, 3.63) is 52.7 Å². The maximum absolute atomic E-state index is 10.9. The molecule has 1 heterocycles. The quantitative estimate of drug-likeness (QED) is 0.828. The van der Waals surface area contributed by atoms with Crippen LogP contribution in [0.3, 0.4) is 0 Å². The number of hydrogen-bond donors (Lipinski definition) is 1.